The van der Waals surface area contributed by atoms with Gasteiger partial charge in [-0.25, -0.2) is 5.43 Å². The number of hydrogen-bond donors (Lipinski definition) is 2. The summed E-state index contributed by atoms with van der Waals surface area (Å²) in [5.74, 6) is 0.437. The number of phenols is 1. The van der Waals surface area contributed by atoms with E-state index in [4.69, 9.17) is 16.3 Å². The van der Waals surface area contributed by atoms with E-state index in [9.17, 15) is 9.90 Å². The Balaban J connectivity index is 1.94. The van der Waals surface area contributed by atoms with Crippen molar-refractivity contribution in [3.8, 4) is 11.5 Å². The Morgan fingerprint density at radius 1 is 1.25 bits per heavy atom. The highest BCUT2D eigenvalue weighted by molar-refractivity contribution is 6.30. The highest BCUT2D eigenvalue weighted by Gasteiger charge is 2.06. The van der Waals surface area contributed by atoms with Crippen LogP contribution in [0.2, 0.25) is 5.02 Å². The first-order valence-corrected chi connectivity index (χ1v) is 7.91. The van der Waals surface area contributed by atoms with E-state index in [1.165, 1.54) is 0 Å². The average Bonchev–Trinajstić information content (AvgIpc) is 2.56. The number of aryl methyl sites for hydroxylation is 1. The number of halogens is 1. The Hall–Kier alpha value is -2.53. The number of nitrogens with zero attached hydrogens (tertiary/aromatic N) is 1. The van der Waals surface area contributed by atoms with Gasteiger partial charge in [-0.05, 0) is 66.9 Å². The number of rotatable bonds is 6. The molecule has 24 heavy (non-hydrogen) atoms. The molecule has 0 atom stereocenters. The van der Waals surface area contributed by atoms with Gasteiger partial charge in [-0.1, -0.05) is 18.5 Å². The average molecular weight is 347 g/mol. The van der Waals surface area contributed by atoms with Crippen molar-refractivity contribution in [3.63, 3.8) is 0 Å². The number of amides is 1. The van der Waals surface area contributed by atoms with Crippen LogP contribution >= 0.6 is 11.6 Å². The van der Waals surface area contributed by atoms with Crippen LogP contribution in [0.15, 0.2) is 47.6 Å². The molecule has 0 unspecified atom stereocenters. The highest BCUT2D eigenvalue weighted by atomic mass is 35.5. The lowest BCUT2D eigenvalue weighted by Gasteiger charge is -2.09. The van der Waals surface area contributed by atoms with Crippen molar-refractivity contribution in [3.05, 3.63) is 58.6 Å². The SMILES string of the molecule is CC/C(=N\NC(=O)COc1ccc(Cl)cc1C)c1ccc(O)cc1. The lowest BCUT2D eigenvalue weighted by molar-refractivity contribution is -0.123. The molecule has 0 aliphatic carbocycles. The maximum Gasteiger partial charge on any atom is 0.277 e. The molecule has 5 nitrogen and oxygen atoms in total. The van der Waals surface area contributed by atoms with Gasteiger partial charge in [0.25, 0.3) is 5.91 Å². The van der Waals surface area contributed by atoms with E-state index >= 15 is 0 Å². The van der Waals surface area contributed by atoms with E-state index in [2.05, 4.69) is 10.5 Å². The largest absolute Gasteiger partial charge is 0.508 e. The molecule has 0 aliphatic rings. The molecular formula is C18H19ClN2O3. The molecule has 2 N–H and O–H groups in total. The van der Waals surface area contributed by atoms with Crippen LogP contribution in [0.4, 0.5) is 0 Å². The Kier molecular flexibility index (Phi) is 6.21. The summed E-state index contributed by atoms with van der Waals surface area (Å²) in [7, 11) is 0. The number of hydrogen-bond acceptors (Lipinski definition) is 4. The number of carbonyl (C=O) groups is 1. The van der Waals surface area contributed by atoms with Gasteiger partial charge in [0.15, 0.2) is 6.61 Å². The fraction of sp³-hybridized carbons (Fsp3) is 0.222. The van der Waals surface area contributed by atoms with E-state index in [1.807, 2.05) is 13.8 Å². The Morgan fingerprint density at radius 2 is 1.96 bits per heavy atom. The van der Waals surface area contributed by atoms with E-state index in [0.29, 0.717) is 22.9 Å². The van der Waals surface area contributed by atoms with E-state index in [-0.39, 0.29) is 18.3 Å². The van der Waals surface area contributed by atoms with Crippen LogP contribution in [0.25, 0.3) is 0 Å². The van der Waals surface area contributed by atoms with Gasteiger partial charge in [0, 0.05) is 5.02 Å². The monoisotopic (exact) mass is 346 g/mol. The molecule has 0 bridgehead atoms. The van der Waals surface area contributed by atoms with Crippen LogP contribution in [-0.2, 0) is 4.79 Å². The first-order chi connectivity index (χ1) is 11.5. The van der Waals surface area contributed by atoms with Gasteiger partial charge in [-0.2, -0.15) is 5.10 Å². The summed E-state index contributed by atoms with van der Waals surface area (Å²) >= 11 is 5.88. The van der Waals surface area contributed by atoms with Crippen LogP contribution in [0.5, 0.6) is 11.5 Å². The molecule has 2 aromatic carbocycles. The second kappa shape index (κ2) is 8.36. The summed E-state index contributed by atoms with van der Waals surface area (Å²) in [6.45, 7) is 3.65. The van der Waals surface area contributed by atoms with Crippen LogP contribution in [-0.4, -0.2) is 23.3 Å². The molecule has 0 spiro atoms. The zero-order chi connectivity index (χ0) is 17.5. The molecule has 6 heteroatoms. The van der Waals surface area contributed by atoms with Gasteiger partial charge in [0.1, 0.15) is 11.5 Å². The topological polar surface area (TPSA) is 70.9 Å². The van der Waals surface area contributed by atoms with Gasteiger partial charge in [-0.15, -0.1) is 0 Å². The van der Waals surface area contributed by atoms with Crippen LogP contribution in [0, 0.1) is 6.92 Å². The van der Waals surface area contributed by atoms with Crippen molar-refractivity contribution >= 4 is 23.2 Å². The van der Waals surface area contributed by atoms with Crippen molar-refractivity contribution in [1.29, 1.82) is 0 Å². The smallest absolute Gasteiger partial charge is 0.277 e. The maximum absolute atomic E-state index is 11.9. The number of aromatic hydroxyl groups is 1. The predicted octanol–water partition coefficient (Wildman–Crippen LogP) is 3.66. The van der Waals surface area contributed by atoms with Gasteiger partial charge in [-0.3, -0.25) is 4.79 Å². The molecule has 0 saturated carbocycles. The third-order valence-electron chi connectivity index (χ3n) is 3.35. The predicted molar refractivity (Wildman–Crippen MR) is 94.8 cm³/mol. The molecule has 126 valence electrons. The molecule has 0 heterocycles. The molecule has 2 aromatic rings. The van der Waals surface area contributed by atoms with Crippen LogP contribution in [0.3, 0.4) is 0 Å². The number of hydrazone groups is 1. The summed E-state index contributed by atoms with van der Waals surface area (Å²) in [5, 5.41) is 14.1. The van der Waals surface area contributed by atoms with Crippen molar-refractivity contribution in [2.24, 2.45) is 5.10 Å². The first-order valence-electron chi connectivity index (χ1n) is 7.53. The van der Waals surface area contributed by atoms with E-state index < -0.39 is 0 Å². The molecule has 1 amide bonds. The van der Waals surface area contributed by atoms with E-state index in [1.54, 1.807) is 42.5 Å². The summed E-state index contributed by atoms with van der Waals surface area (Å²) in [6.07, 6.45) is 0.641. The molecule has 0 aliphatic heterocycles. The van der Waals surface area contributed by atoms with Crippen molar-refractivity contribution in [2.75, 3.05) is 6.61 Å². The minimum atomic E-state index is -0.353. The standard InChI is InChI=1S/C18H19ClN2O3/c1-3-16(13-4-7-15(22)8-5-13)20-21-18(23)11-24-17-9-6-14(19)10-12(17)2/h4-10,22H,3,11H2,1-2H3,(H,21,23)/b20-16+. The summed E-state index contributed by atoms with van der Waals surface area (Å²) in [5.41, 5.74) is 4.89. The minimum absolute atomic E-state index is 0.140. The number of benzene rings is 2. The maximum atomic E-state index is 11.9. The molecule has 2 rings (SSSR count). The first kappa shape index (κ1) is 17.8. The Morgan fingerprint density at radius 3 is 2.58 bits per heavy atom. The second-order valence-electron chi connectivity index (χ2n) is 5.19. The number of nitrogens with one attached hydrogen (secondary N) is 1. The molecule has 0 saturated heterocycles. The summed E-state index contributed by atoms with van der Waals surface area (Å²) in [4.78, 5) is 11.9. The second-order valence-corrected chi connectivity index (χ2v) is 5.63. The van der Waals surface area contributed by atoms with Gasteiger partial charge in [0.2, 0.25) is 0 Å². The van der Waals surface area contributed by atoms with Gasteiger partial charge >= 0.3 is 0 Å². The Bertz CT molecular complexity index is 742. The van der Waals surface area contributed by atoms with E-state index in [0.717, 1.165) is 11.1 Å². The normalized spacial score (nSPS) is 11.2. The van der Waals surface area contributed by atoms with Crippen LogP contribution in [0.1, 0.15) is 24.5 Å². The number of ether oxygens (including phenoxy) is 1. The zero-order valence-electron chi connectivity index (χ0n) is 13.5. The minimum Gasteiger partial charge on any atom is -0.508 e. The molecule has 0 fully saturated rings. The molecule has 0 aromatic heterocycles. The van der Waals surface area contributed by atoms with Crippen molar-refractivity contribution < 1.29 is 14.6 Å². The van der Waals surface area contributed by atoms with Crippen molar-refractivity contribution in [1.82, 2.24) is 5.43 Å². The lowest BCUT2D eigenvalue weighted by Crippen LogP contribution is -2.26. The fourth-order valence-electron chi connectivity index (χ4n) is 2.08. The highest BCUT2D eigenvalue weighted by Crippen LogP contribution is 2.21. The zero-order valence-corrected chi connectivity index (χ0v) is 14.3. The van der Waals surface area contributed by atoms with Gasteiger partial charge in [0.05, 0.1) is 5.71 Å². The number of carbonyl (C=O) groups excluding carboxylic acids is 1. The Labute approximate surface area is 145 Å². The van der Waals surface area contributed by atoms with Crippen LogP contribution < -0.4 is 10.2 Å². The van der Waals surface area contributed by atoms with Gasteiger partial charge < -0.3 is 9.84 Å². The van der Waals surface area contributed by atoms with Crippen molar-refractivity contribution in [2.45, 2.75) is 20.3 Å². The summed E-state index contributed by atoms with van der Waals surface area (Å²) < 4.78 is 5.47. The molecule has 0 radical (unpaired) electrons. The lowest BCUT2D eigenvalue weighted by atomic mass is 10.1. The third kappa shape index (κ3) is 4.99. The fourth-order valence-corrected chi connectivity index (χ4v) is 2.31. The quantitative estimate of drug-likeness (QED) is 0.619. The summed E-state index contributed by atoms with van der Waals surface area (Å²) in [6, 6.07) is 11.9. The molecular weight excluding hydrogens is 328 g/mol. The number of phenolic OH excluding ortho intramolecular Hbond substituents is 1. The third-order valence-corrected chi connectivity index (χ3v) is 3.58.